The molecule has 4 rings (SSSR count). The van der Waals surface area contributed by atoms with Crippen molar-refractivity contribution in [2.45, 2.75) is 6.42 Å². The summed E-state index contributed by atoms with van der Waals surface area (Å²) in [7, 11) is 2.05. The van der Waals surface area contributed by atoms with E-state index in [4.69, 9.17) is 0 Å². The number of likely N-dealkylation sites (N-methyl/N-ethyl adjacent to an activating group) is 1. The second-order valence-electron chi connectivity index (χ2n) is 7.42. The molecule has 3 aromatic rings. The molecule has 7 heteroatoms. The van der Waals surface area contributed by atoms with Gasteiger partial charge in [-0.05, 0) is 31.2 Å². The number of para-hydroxylation sites is 1. The molecule has 2 N–H and O–H groups in total. The standard InChI is InChI=1S/C22H25N5O2/c1-26-8-10-27(11-9-26)22(29)18-12-17(13-23-14-18)21(28)24-7-6-16-15-25-20-5-3-2-4-19(16)20/h2-5,12-15,25H,6-11H2,1H3,(H,24,28). The monoisotopic (exact) mass is 391 g/mol. The Kier molecular flexibility index (Phi) is 5.57. The van der Waals surface area contributed by atoms with Gasteiger partial charge >= 0.3 is 0 Å². The molecule has 7 nitrogen and oxygen atoms in total. The average molecular weight is 391 g/mol. The van der Waals surface area contributed by atoms with Crippen LogP contribution in [-0.4, -0.2) is 71.4 Å². The summed E-state index contributed by atoms with van der Waals surface area (Å²) in [5.74, 6) is -0.288. The van der Waals surface area contributed by atoms with Crippen molar-refractivity contribution in [3.05, 3.63) is 65.6 Å². The predicted molar refractivity (Wildman–Crippen MR) is 112 cm³/mol. The third-order valence-electron chi connectivity index (χ3n) is 5.39. The molecule has 0 spiro atoms. The molecule has 1 aliphatic heterocycles. The first-order valence-corrected chi connectivity index (χ1v) is 9.88. The van der Waals surface area contributed by atoms with E-state index >= 15 is 0 Å². The Balaban J connectivity index is 1.36. The van der Waals surface area contributed by atoms with Crippen LogP contribution in [0.5, 0.6) is 0 Å². The molecule has 0 unspecified atom stereocenters. The molecular weight excluding hydrogens is 366 g/mol. The number of nitrogens with one attached hydrogen (secondary N) is 2. The van der Waals surface area contributed by atoms with E-state index in [-0.39, 0.29) is 11.8 Å². The van der Waals surface area contributed by atoms with Crippen LogP contribution in [0.2, 0.25) is 0 Å². The van der Waals surface area contributed by atoms with Gasteiger partial charge in [-0.15, -0.1) is 0 Å². The molecule has 1 aliphatic rings. The highest BCUT2D eigenvalue weighted by Crippen LogP contribution is 2.17. The average Bonchev–Trinajstić information content (AvgIpc) is 3.17. The molecule has 3 heterocycles. The van der Waals surface area contributed by atoms with Crippen LogP contribution in [0.3, 0.4) is 0 Å². The molecule has 0 atom stereocenters. The van der Waals surface area contributed by atoms with Crippen LogP contribution in [0.1, 0.15) is 26.3 Å². The van der Waals surface area contributed by atoms with Crippen molar-refractivity contribution >= 4 is 22.7 Å². The number of hydrogen-bond donors (Lipinski definition) is 2. The van der Waals surface area contributed by atoms with Gasteiger partial charge in [0.25, 0.3) is 11.8 Å². The highest BCUT2D eigenvalue weighted by Gasteiger charge is 2.21. The fourth-order valence-electron chi connectivity index (χ4n) is 3.62. The molecule has 1 aromatic carbocycles. The summed E-state index contributed by atoms with van der Waals surface area (Å²) in [5, 5.41) is 4.10. The second-order valence-corrected chi connectivity index (χ2v) is 7.42. The SMILES string of the molecule is CN1CCN(C(=O)c2cncc(C(=O)NCCc3c[nH]c4ccccc34)c2)CC1. The van der Waals surface area contributed by atoms with Crippen molar-refractivity contribution in [3.8, 4) is 0 Å². The zero-order chi connectivity index (χ0) is 20.2. The molecule has 0 aliphatic carbocycles. The molecule has 150 valence electrons. The summed E-state index contributed by atoms with van der Waals surface area (Å²) < 4.78 is 0. The summed E-state index contributed by atoms with van der Waals surface area (Å²) in [6.07, 6.45) is 5.74. The number of nitrogens with zero attached hydrogens (tertiary/aromatic N) is 3. The van der Waals surface area contributed by atoms with Gasteiger partial charge in [-0.25, -0.2) is 0 Å². The van der Waals surface area contributed by atoms with Crippen LogP contribution in [0.25, 0.3) is 10.9 Å². The topological polar surface area (TPSA) is 81.3 Å². The van der Waals surface area contributed by atoms with Crippen molar-refractivity contribution in [1.82, 2.24) is 25.1 Å². The lowest BCUT2D eigenvalue weighted by Crippen LogP contribution is -2.47. The molecule has 2 aromatic heterocycles. The summed E-state index contributed by atoms with van der Waals surface area (Å²) in [4.78, 5) is 36.6. The first-order valence-electron chi connectivity index (χ1n) is 9.88. The maximum Gasteiger partial charge on any atom is 0.255 e. The van der Waals surface area contributed by atoms with Crippen molar-refractivity contribution in [3.63, 3.8) is 0 Å². The Hall–Kier alpha value is -3.19. The number of piperazine rings is 1. The largest absolute Gasteiger partial charge is 0.361 e. The Labute approximate surface area is 169 Å². The molecule has 1 saturated heterocycles. The molecule has 2 amide bonds. The van der Waals surface area contributed by atoms with Crippen molar-refractivity contribution in [1.29, 1.82) is 0 Å². The van der Waals surface area contributed by atoms with E-state index in [1.807, 2.05) is 36.3 Å². The fourth-order valence-corrected chi connectivity index (χ4v) is 3.62. The quantitative estimate of drug-likeness (QED) is 0.696. The lowest BCUT2D eigenvalue weighted by Gasteiger charge is -2.32. The van der Waals surface area contributed by atoms with Gasteiger partial charge < -0.3 is 20.1 Å². The number of fused-ring (bicyclic) bond motifs is 1. The van der Waals surface area contributed by atoms with Gasteiger partial charge in [0.1, 0.15) is 0 Å². The van der Waals surface area contributed by atoms with Gasteiger partial charge in [0.15, 0.2) is 0 Å². The number of H-pyrrole nitrogens is 1. The molecule has 0 bridgehead atoms. The van der Waals surface area contributed by atoms with Gasteiger partial charge in [-0.1, -0.05) is 18.2 Å². The maximum atomic E-state index is 12.7. The Bertz CT molecular complexity index is 1020. The van der Waals surface area contributed by atoms with Crippen LogP contribution in [0.15, 0.2) is 48.9 Å². The zero-order valence-corrected chi connectivity index (χ0v) is 16.5. The van der Waals surface area contributed by atoms with Gasteiger partial charge in [0.05, 0.1) is 11.1 Å². The highest BCUT2D eigenvalue weighted by atomic mass is 16.2. The Morgan fingerprint density at radius 3 is 2.69 bits per heavy atom. The number of pyridine rings is 1. The summed E-state index contributed by atoms with van der Waals surface area (Å²) in [6, 6.07) is 9.74. The van der Waals surface area contributed by atoms with Gasteiger partial charge in [0.2, 0.25) is 0 Å². The summed E-state index contributed by atoms with van der Waals surface area (Å²) in [6.45, 7) is 3.60. The summed E-state index contributed by atoms with van der Waals surface area (Å²) in [5.41, 5.74) is 3.12. The number of carbonyl (C=O) groups excluding carboxylic acids is 2. The smallest absolute Gasteiger partial charge is 0.255 e. The minimum absolute atomic E-state index is 0.0703. The van der Waals surface area contributed by atoms with Gasteiger partial charge in [-0.2, -0.15) is 0 Å². The molecular formula is C22H25N5O2. The van der Waals surface area contributed by atoms with Crippen LogP contribution in [-0.2, 0) is 6.42 Å². The summed E-state index contributed by atoms with van der Waals surface area (Å²) >= 11 is 0. The van der Waals surface area contributed by atoms with E-state index in [0.717, 1.165) is 30.6 Å². The minimum Gasteiger partial charge on any atom is -0.361 e. The predicted octanol–water partition coefficient (Wildman–Crippen LogP) is 1.92. The van der Waals surface area contributed by atoms with Crippen molar-refractivity contribution in [2.75, 3.05) is 39.8 Å². The first-order chi connectivity index (χ1) is 14.1. The molecule has 1 fully saturated rings. The molecule has 29 heavy (non-hydrogen) atoms. The van der Waals surface area contributed by atoms with E-state index in [0.29, 0.717) is 30.8 Å². The van der Waals surface area contributed by atoms with Crippen LogP contribution in [0.4, 0.5) is 0 Å². The Morgan fingerprint density at radius 2 is 1.86 bits per heavy atom. The Morgan fingerprint density at radius 1 is 1.10 bits per heavy atom. The lowest BCUT2D eigenvalue weighted by molar-refractivity contribution is 0.0663. The maximum absolute atomic E-state index is 12.7. The van der Waals surface area contributed by atoms with Crippen LogP contribution in [0, 0.1) is 0 Å². The van der Waals surface area contributed by atoms with E-state index < -0.39 is 0 Å². The van der Waals surface area contributed by atoms with E-state index in [2.05, 4.69) is 26.3 Å². The number of aromatic nitrogens is 2. The molecule has 0 radical (unpaired) electrons. The third-order valence-corrected chi connectivity index (χ3v) is 5.39. The normalized spacial score (nSPS) is 14.9. The minimum atomic E-state index is -0.217. The third kappa shape index (κ3) is 4.30. The van der Waals surface area contributed by atoms with E-state index in [9.17, 15) is 9.59 Å². The first kappa shape index (κ1) is 19.1. The number of hydrogen-bond acceptors (Lipinski definition) is 4. The van der Waals surface area contributed by atoms with Crippen LogP contribution < -0.4 is 5.32 Å². The molecule has 0 saturated carbocycles. The number of rotatable bonds is 5. The van der Waals surface area contributed by atoms with Crippen molar-refractivity contribution < 1.29 is 9.59 Å². The van der Waals surface area contributed by atoms with E-state index in [1.54, 1.807) is 6.07 Å². The highest BCUT2D eigenvalue weighted by molar-refractivity contribution is 5.99. The number of amides is 2. The van der Waals surface area contributed by atoms with Gasteiger partial charge in [0, 0.05) is 62.2 Å². The zero-order valence-electron chi connectivity index (χ0n) is 16.5. The fraction of sp³-hybridized carbons (Fsp3) is 0.318. The number of aromatic amines is 1. The number of benzene rings is 1. The van der Waals surface area contributed by atoms with Crippen molar-refractivity contribution in [2.24, 2.45) is 0 Å². The lowest BCUT2D eigenvalue weighted by atomic mass is 10.1. The van der Waals surface area contributed by atoms with E-state index in [1.165, 1.54) is 17.8 Å². The number of carbonyl (C=O) groups is 2. The van der Waals surface area contributed by atoms with Crippen LogP contribution >= 0.6 is 0 Å². The second kappa shape index (κ2) is 8.45. The van der Waals surface area contributed by atoms with Gasteiger partial charge in [-0.3, -0.25) is 14.6 Å².